The molecule has 3 atom stereocenters. The van der Waals surface area contributed by atoms with Crippen LogP contribution in [0.1, 0.15) is 48.2 Å². The molecule has 2 aliphatic heterocycles. The van der Waals surface area contributed by atoms with E-state index in [4.69, 9.17) is 0 Å². The number of carbonyl (C=O) groups is 3. The number of para-hydroxylation sites is 1. The van der Waals surface area contributed by atoms with Crippen molar-refractivity contribution in [2.75, 3.05) is 20.1 Å². The van der Waals surface area contributed by atoms with Crippen LogP contribution in [0.5, 0.6) is 0 Å². The molecule has 210 valence electrons. The summed E-state index contributed by atoms with van der Waals surface area (Å²) >= 11 is 0. The quantitative estimate of drug-likeness (QED) is 0.386. The number of H-pyrrole nitrogens is 1. The molecule has 8 heteroatoms. The van der Waals surface area contributed by atoms with Crippen molar-refractivity contribution in [1.82, 2.24) is 24.7 Å². The van der Waals surface area contributed by atoms with Gasteiger partial charge in [0.25, 0.3) is 11.8 Å². The summed E-state index contributed by atoms with van der Waals surface area (Å²) in [6.07, 6.45) is 2.47. The van der Waals surface area contributed by atoms with Crippen LogP contribution in [0.3, 0.4) is 0 Å². The van der Waals surface area contributed by atoms with Crippen molar-refractivity contribution < 1.29 is 14.4 Å². The van der Waals surface area contributed by atoms with Crippen molar-refractivity contribution in [2.24, 2.45) is 5.41 Å². The number of hydrogen-bond acceptors (Lipinski definition) is 4. The number of hydrogen-bond donors (Lipinski definition) is 1. The van der Waals surface area contributed by atoms with Gasteiger partial charge in [-0.05, 0) is 35.6 Å². The van der Waals surface area contributed by atoms with E-state index in [1.54, 1.807) is 24.2 Å². The highest BCUT2D eigenvalue weighted by molar-refractivity contribution is 6.00. The van der Waals surface area contributed by atoms with E-state index < -0.39 is 11.5 Å². The van der Waals surface area contributed by atoms with Gasteiger partial charge in [-0.1, -0.05) is 75.4 Å². The van der Waals surface area contributed by atoms with Crippen LogP contribution >= 0.6 is 0 Å². The van der Waals surface area contributed by atoms with Crippen molar-refractivity contribution >= 4 is 28.6 Å². The third-order valence-electron chi connectivity index (χ3n) is 8.40. The number of amides is 3. The summed E-state index contributed by atoms with van der Waals surface area (Å²) in [4.78, 5) is 54.0. The summed E-state index contributed by atoms with van der Waals surface area (Å²) < 4.78 is 0. The summed E-state index contributed by atoms with van der Waals surface area (Å²) in [5.74, 6) is -0.405. The van der Waals surface area contributed by atoms with Gasteiger partial charge >= 0.3 is 0 Å². The molecular weight excluding hydrogens is 514 g/mol. The van der Waals surface area contributed by atoms with E-state index >= 15 is 0 Å². The molecule has 4 heterocycles. The number of nitrogens with one attached hydrogen (secondary N) is 1. The van der Waals surface area contributed by atoms with E-state index in [0.717, 1.165) is 28.5 Å². The average molecular weight is 550 g/mol. The number of aromatic nitrogens is 2. The molecule has 0 aliphatic carbocycles. The SMILES string of the molecule is CN(C(=O)c1cc2ccccc2[nH]1)C(C(=O)N1CC2CC1CN2C(=O)c1ccc(-c2ccccc2)cn1)C(C)(C)C. The van der Waals surface area contributed by atoms with Crippen LogP contribution in [-0.2, 0) is 4.79 Å². The summed E-state index contributed by atoms with van der Waals surface area (Å²) in [7, 11) is 1.70. The number of nitrogens with zero attached hydrogens (tertiary/aromatic N) is 4. The van der Waals surface area contributed by atoms with E-state index in [9.17, 15) is 14.4 Å². The van der Waals surface area contributed by atoms with Gasteiger partial charge in [0.15, 0.2) is 0 Å². The van der Waals surface area contributed by atoms with E-state index in [2.05, 4.69) is 9.97 Å². The summed E-state index contributed by atoms with van der Waals surface area (Å²) in [5, 5.41) is 0.952. The van der Waals surface area contributed by atoms with Gasteiger partial charge in [0, 0.05) is 42.8 Å². The van der Waals surface area contributed by atoms with Crippen LogP contribution in [0, 0.1) is 5.41 Å². The zero-order valence-corrected chi connectivity index (χ0v) is 23.9. The van der Waals surface area contributed by atoms with Gasteiger partial charge in [-0.3, -0.25) is 19.4 Å². The zero-order chi connectivity index (χ0) is 28.9. The van der Waals surface area contributed by atoms with Crippen LogP contribution in [0.25, 0.3) is 22.0 Å². The molecule has 2 fully saturated rings. The van der Waals surface area contributed by atoms with E-state index in [0.29, 0.717) is 24.5 Å². The first-order chi connectivity index (χ1) is 19.6. The fourth-order valence-corrected chi connectivity index (χ4v) is 6.42. The number of fused-ring (bicyclic) bond motifs is 3. The van der Waals surface area contributed by atoms with E-state index in [1.807, 2.05) is 97.3 Å². The van der Waals surface area contributed by atoms with Gasteiger partial charge in [0.2, 0.25) is 5.91 Å². The predicted molar refractivity (Wildman–Crippen MR) is 158 cm³/mol. The van der Waals surface area contributed by atoms with Crippen LogP contribution in [-0.4, -0.2) is 80.7 Å². The molecule has 2 aromatic carbocycles. The zero-order valence-electron chi connectivity index (χ0n) is 23.9. The fourth-order valence-electron chi connectivity index (χ4n) is 6.42. The number of piperazine rings is 1. The second kappa shape index (κ2) is 10.2. The second-order valence-corrected chi connectivity index (χ2v) is 12.2. The molecule has 2 saturated heterocycles. The lowest BCUT2D eigenvalue weighted by atomic mass is 9.84. The van der Waals surface area contributed by atoms with Crippen molar-refractivity contribution in [3.05, 3.63) is 90.4 Å². The topological polar surface area (TPSA) is 89.6 Å². The normalized spacial score (nSPS) is 19.0. The molecule has 0 radical (unpaired) electrons. The van der Waals surface area contributed by atoms with Crippen molar-refractivity contribution in [2.45, 2.75) is 45.3 Å². The number of aromatic amines is 1. The molecule has 3 unspecified atom stereocenters. The lowest BCUT2D eigenvalue weighted by Crippen LogP contribution is -2.59. The maximum Gasteiger partial charge on any atom is 0.272 e. The Labute approximate surface area is 240 Å². The number of likely N-dealkylation sites (N-methyl/N-ethyl adjacent to an activating group) is 1. The van der Waals surface area contributed by atoms with Crippen molar-refractivity contribution in [3.8, 4) is 11.1 Å². The third-order valence-corrected chi connectivity index (χ3v) is 8.40. The van der Waals surface area contributed by atoms with Crippen LogP contribution in [0.2, 0.25) is 0 Å². The number of likely N-dealkylation sites (tertiary alicyclic amines) is 2. The molecule has 1 N–H and O–H groups in total. The maximum atomic E-state index is 14.1. The highest BCUT2D eigenvalue weighted by atomic mass is 16.2. The minimum Gasteiger partial charge on any atom is -0.351 e. The standard InChI is InChI=1S/C33H35N5O3/c1-33(2,3)29(36(4)30(39)28-16-22-12-8-9-13-26(22)35-28)32(41)38-20-24-17-25(38)19-37(24)31(40)27-15-14-23(18-34-27)21-10-6-5-7-11-21/h5-16,18,24-25,29,35H,17,19-20H2,1-4H3. The first-order valence-electron chi connectivity index (χ1n) is 14.1. The molecule has 2 aromatic heterocycles. The van der Waals surface area contributed by atoms with Crippen LogP contribution < -0.4 is 0 Å². The van der Waals surface area contributed by atoms with Gasteiger partial charge in [-0.2, -0.15) is 0 Å². The van der Waals surface area contributed by atoms with Gasteiger partial charge in [-0.25, -0.2) is 0 Å². The Bertz CT molecular complexity index is 1570. The monoisotopic (exact) mass is 549 g/mol. The molecule has 8 nitrogen and oxygen atoms in total. The van der Waals surface area contributed by atoms with E-state index in [-0.39, 0.29) is 29.8 Å². The average Bonchev–Trinajstić information content (AvgIpc) is 3.71. The number of benzene rings is 2. The van der Waals surface area contributed by atoms with Crippen LogP contribution in [0.4, 0.5) is 0 Å². The van der Waals surface area contributed by atoms with Crippen molar-refractivity contribution in [3.63, 3.8) is 0 Å². The lowest BCUT2D eigenvalue weighted by molar-refractivity contribution is -0.141. The molecule has 41 heavy (non-hydrogen) atoms. The molecule has 2 bridgehead atoms. The highest BCUT2D eigenvalue weighted by Crippen LogP contribution is 2.35. The highest BCUT2D eigenvalue weighted by Gasteiger charge is 2.51. The molecule has 0 saturated carbocycles. The number of pyridine rings is 1. The Kier molecular flexibility index (Phi) is 6.64. The van der Waals surface area contributed by atoms with Gasteiger partial charge in [0.05, 0.1) is 12.1 Å². The lowest BCUT2D eigenvalue weighted by Gasteiger charge is -2.42. The molecule has 6 rings (SSSR count). The van der Waals surface area contributed by atoms with Crippen molar-refractivity contribution in [1.29, 1.82) is 0 Å². The second-order valence-electron chi connectivity index (χ2n) is 12.2. The molecular formula is C33H35N5O3. The Morgan fingerprint density at radius 2 is 1.59 bits per heavy atom. The Morgan fingerprint density at radius 1 is 0.902 bits per heavy atom. The largest absolute Gasteiger partial charge is 0.351 e. The molecule has 4 aromatic rings. The molecule has 0 spiro atoms. The Morgan fingerprint density at radius 3 is 2.22 bits per heavy atom. The maximum absolute atomic E-state index is 14.1. The first kappa shape index (κ1) is 26.7. The van der Waals surface area contributed by atoms with Crippen LogP contribution in [0.15, 0.2) is 79.0 Å². The van der Waals surface area contributed by atoms with Gasteiger partial charge in [-0.15, -0.1) is 0 Å². The summed E-state index contributed by atoms with van der Waals surface area (Å²) in [6.45, 7) is 6.88. The number of rotatable bonds is 5. The fraction of sp³-hybridized carbons (Fsp3) is 0.333. The Hall–Kier alpha value is -4.46. The third kappa shape index (κ3) is 4.88. The minimum absolute atomic E-state index is 0.0672. The van der Waals surface area contributed by atoms with E-state index in [1.165, 1.54) is 0 Å². The number of carbonyl (C=O) groups excluding carboxylic acids is 3. The minimum atomic E-state index is -0.655. The summed E-state index contributed by atoms with van der Waals surface area (Å²) in [5.41, 5.74) is 3.27. The summed E-state index contributed by atoms with van der Waals surface area (Å²) in [6, 6.07) is 22.4. The van der Waals surface area contributed by atoms with Gasteiger partial charge < -0.3 is 19.7 Å². The smallest absolute Gasteiger partial charge is 0.272 e. The first-order valence-corrected chi connectivity index (χ1v) is 14.1. The van der Waals surface area contributed by atoms with Gasteiger partial charge in [0.1, 0.15) is 17.4 Å². The predicted octanol–water partition coefficient (Wildman–Crippen LogP) is 4.84. The molecule has 3 amide bonds. The Balaban J connectivity index is 1.16. The molecule has 2 aliphatic rings.